The normalized spacial score (nSPS) is 10.3. The monoisotopic (exact) mass is 270 g/mol. The van der Waals surface area contributed by atoms with Crippen molar-refractivity contribution in [2.24, 2.45) is 0 Å². The van der Waals surface area contributed by atoms with Crippen LogP contribution in [0.5, 0.6) is 0 Å². The molecular weight excluding hydrogens is 250 g/mol. The fourth-order valence-corrected chi connectivity index (χ4v) is 0.933. The summed E-state index contributed by atoms with van der Waals surface area (Å²) in [5.74, 6) is -5.08. The zero-order valence-electron chi connectivity index (χ0n) is 10.6. The second-order valence-electron chi connectivity index (χ2n) is 3.37. The minimum atomic E-state index is -3.12. The average molecular weight is 270 g/mol. The summed E-state index contributed by atoms with van der Waals surface area (Å²) in [6.07, 6.45) is -2.41. The molecule has 0 saturated heterocycles. The van der Waals surface area contributed by atoms with Crippen LogP contribution in [0.25, 0.3) is 0 Å². The van der Waals surface area contributed by atoms with Gasteiger partial charge in [0.25, 0.3) is 0 Å². The van der Waals surface area contributed by atoms with Crippen LogP contribution >= 0.6 is 0 Å². The Kier molecular flexibility index (Phi) is 11.6. The molecule has 0 heterocycles. The fraction of sp³-hybridized carbons (Fsp3) is 0.818. The largest absolute Gasteiger partial charge is 0.481 e. The predicted molar refractivity (Wildman–Crippen MR) is 60.4 cm³/mol. The van der Waals surface area contributed by atoms with Crippen LogP contribution in [0.3, 0.4) is 0 Å². The third kappa shape index (κ3) is 14.8. The number of ether oxygens (including phenoxy) is 1. The Morgan fingerprint density at radius 1 is 1.17 bits per heavy atom. The highest BCUT2D eigenvalue weighted by Crippen LogP contribution is 2.26. The Morgan fingerprint density at radius 2 is 1.61 bits per heavy atom. The molecule has 0 atom stereocenters. The number of carbonyl (C=O) groups excluding carboxylic acids is 1. The fourth-order valence-electron chi connectivity index (χ4n) is 0.933. The molecule has 5 nitrogen and oxygen atoms in total. The molecule has 0 spiro atoms. The van der Waals surface area contributed by atoms with Gasteiger partial charge in [-0.2, -0.15) is 0 Å². The van der Waals surface area contributed by atoms with Crippen molar-refractivity contribution in [1.29, 1.82) is 0 Å². The first-order valence-electron chi connectivity index (χ1n) is 5.65. The number of hydrogen-bond donors (Lipinski definition) is 2. The maximum atomic E-state index is 12.9. The Bertz CT molecular complexity index is 244. The van der Waals surface area contributed by atoms with E-state index in [2.05, 4.69) is 4.74 Å². The van der Waals surface area contributed by atoms with Gasteiger partial charge in [0, 0.05) is 19.4 Å². The molecule has 108 valence electrons. The number of aliphatic hydroxyl groups is 1. The predicted octanol–water partition coefficient (Wildman–Crippen LogP) is 1.83. The molecule has 0 radical (unpaired) electrons. The molecule has 0 amide bonds. The van der Waals surface area contributed by atoms with Crippen LogP contribution in [-0.4, -0.2) is 41.3 Å². The summed E-state index contributed by atoms with van der Waals surface area (Å²) < 4.78 is 30.3. The third-order valence-corrected chi connectivity index (χ3v) is 1.70. The number of aliphatic hydroxyl groups excluding tert-OH is 1. The van der Waals surface area contributed by atoms with E-state index in [9.17, 15) is 18.4 Å². The highest BCUT2D eigenvalue weighted by Gasteiger charge is 2.30. The molecule has 0 aromatic rings. The van der Waals surface area contributed by atoms with Gasteiger partial charge in [0.2, 0.25) is 5.92 Å². The Hall–Kier alpha value is -1.24. The quantitative estimate of drug-likeness (QED) is 0.689. The summed E-state index contributed by atoms with van der Waals surface area (Å²) in [5, 5.41) is 15.8. The lowest BCUT2D eigenvalue weighted by Crippen LogP contribution is -2.20. The average Bonchev–Trinajstić information content (AvgIpc) is 2.26. The van der Waals surface area contributed by atoms with Crippen LogP contribution in [0.15, 0.2) is 0 Å². The minimum Gasteiger partial charge on any atom is -0.481 e. The topological polar surface area (TPSA) is 83.8 Å². The van der Waals surface area contributed by atoms with Gasteiger partial charge in [-0.25, -0.2) is 8.78 Å². The molecule has 0 aromatic heterocycles. The van der Waals surface area contributed by atoms with Gasteiger partial charge in [-0.05, 0) is 13.8 Å². The smallest absolute Gasteiger partial charge is 0.305 e. The van der Waals surface area contributed by atoms with Crippen LogP contribution < -0.4 is 0 Å². The van der Waals surface area contributed by atoms with Crippen LogP contribution in [0, 0.1) is 0 Å². The molecule has 0 bridgehead atoms. The summed E-state index contributed by atoms with van der Waals surface area (Å²) in [5.41, 5.74) is 0. The van der Waals surface area contributed by atoms with E-state index in [-0.39, 0.29) is 19.6 Å². The Labute approximate surface area is 105 Å². The lowest BCUT2D eigenvalue weighted by atomic mass is 10.1. The summed E-state index contributed by atoms with van der Waals surface area (Å²) in [6, 6.07) is 0. The molecule has 0 saturated carbocycles. The number of hydrogen-bond acceptors (Lipinski definition) is 4. The molecule has 0 aliphatic rings. The van der Waals surface area contributed by atoms with E-state index in [1.807, 2.05) is 0 Å². The van der Waals surface area contributed by atoms with E-state index < -0.39 is 37.1 Å². The highest BCUT2D eigenvalue weighted by molar-refractivity contribution is 5.69. The van der Waals surface area contributed by atoms with Gasteiger partial charge in [-0.15, -0.1) is 0 Å². The molecule has 0 rings (SSSR count). The number of halogens is 2. The molecule has 18 heavy (non-hydrogen) atoms. The first-order chi connectivity index (χ1) is 8.29. The number of esters is 1. The number of aliphatic carboxylic acids is 1. The Balaban J connectivity index is 0. The van der Waals surface area contributed by atoms with Gasteiger partial charge < -0.3 is 14.9 Å². The second-order valence-corrected chi connectivity index (χ2v) is 3.37. The SMILES string of the molecule is CCO.CCOC(=O)CCC(F)(F)CCC(=O)O. The summed E-state index contributed by atoms with van der Waals surface area (Å²) in [4.78, 5) is 20.8. The van der Waals surface area contributed by atoms with E-state index in [1.165, 1.54) is 0 Å². The number of carboxylic acid groups (broad SMARTS) is 1. The van der Waals surface area contributed by atoms with Crippen molar-refractivity contribution < 1.29 is 33.3 Å². The molecule has 0 aromatic carbocycles. The number of rotatable bonds is 7. The zero-order chi connectivity index (χ0) is 14.6. The maximum Gasteiger partial charge on any atom is 0.305 e. The van der Waals surface area contributed by atoms with E-state index in [0.717, 1.165) is 0 Å². The maximum absolute atomic E-state index is 12.9. The first-order valence-corrected chi connectivity index (χ1v) is 5.65. The molecule has 0 fully saturated rings. The zero-order valence-corrected chi connectivity index (χ0v) is 10.6. The summed E-state index contributed by atoms with van der Waals surface area (Å²) in [6.45, 7) is 3.67. The van der Waals surface area contributed by atoms with E-state index in [0.29, 0.717) is 0 Å². The third-order valence-electron chi connectivity index (χ3n) is 1.70. The molecule has 2 N–H and O–H groups in total. The van der Waals surface area contributed by atoms with Gasteiger partial charge in [0.15, 0.2) is 0 Å². The minimum absolute atomic E-state index is 0.152. The first kappa shape index (κ1) is 19.1. The molecular formula is C11H20F2O5. The summed E-state index contributed by atoms with van der Waals surface area (Å²) in [7, 11) is 0. The van der Waals surface area contributed by atoms with Crippen LogP contribution in [0.1, 0.15) is 39.5 Å². The van der Waals surface area contributed by atoms with E-state index in [1.54, 1.807) is 13.8 Å². The van der Waals surface area contributed by atoms with Crippen LogP contribution in [0.2, 0.25) is 0 Å². The van der Waals surface area contributed by atoms with Gasteiger partial charge in [0.1, 0.15) is 0 Å². The molecule has 0 aliphatic carbocycles. The van der Waals surface area contributed by atoms with Crippen LogP contribution in [-0.2, 0) is 14.3 Å². The highest BCUT2D eigenvalue weighted by atomic mass is 19.3. The number of alkyl halides is 2. The second kappa shape index (κ2) is 10.9. The van der Waals surface area contributed by atoms with E-state index >= 15 is 0 Å². The van der Waals surface area contributed by atoms with Gasteiger partial charge >= 0.3 is 11.9 Å². The lowest BCUT2D eigenvalue weighted by molar-refractivity contribution is -0.145. The number of carboxylic acids is 1. The van der Waals surface area contributed by atoms with Crippen molar-refractivity contribution in [2.45, 2.75) is 45.5 Å². The van der Waals surface area contributed by atoms with Gasteiger partial charge in [-0.3, -0.25) is 9.59 Å². The molecule has 0 aliphatic heterocycles. The van der Waals surface area contributed by atoms with Crippen molar-refractivity contribution in [1.82, 2.24) is 0 Å². The Morgan fingerprint density at radius 3 is 2.00 bits per heavy atom. The standard InChI is InChI=1S/C9H14F2O4.C2H6O/c1-2-15-8(14)4-6-9(10,11)5-3-7(12)13;1-2-3/h2-6H2,1H3,(H,12,13);3H,2H2,1H3. The van der Waals surface area contributed by atoms with E-state index in [4.69, 9.17) is 10.2 Å². The molecule has 0 unspecified atom stereocenters. The van der Waals surface area contributed by atoms with Gasteiger partial charge in [0.05, 0.1) is 19.4 Å². The number of carbonyl (C=O) groups is 2. The van der Waals surface area contributed by atoms with Crippen LogP contribution in [0.4, 0.5) is 8.78 Å². The molecule has 7 heteroatoms. The summed E-state index contributed by atoms with van der Waals surface area (Å²) >= 11 is 0. The van der Waals surface area contributed by atoms with Crippen molar-refractivity contribution in [3.63, 3.8) is 0 Å². The lowest BCUT2D eigenvalue weighted by Gasteiger charge is -2.14. The van der Waals surface area contributed by atoms with Crippen molar-refractivity contribution in [3.05, 3.63) is 0 Å². The van der Waals surface area contributed by atoms with Crippen molar-refractivity contribution in [2.75, 3.05) is 13.2 Å². The van der Waals surface area contributed by atoms with Gasteiger partial charge in [-0.1, -0.05) is 0 Å². The van der Waals surface area contributed by atoms with Crippen molar-refractivity contribution >= 4 is 11.9 Å². The van der Waals surface area contributed by atoms with Crippen molar-refractivity contribution in [3.8, 4) is 0 Å².